The Morgan fingerprint density at radius 1 is 1.33 bits per heavy atom. The van der Waals surface area contributed by atoms with Gasteiger partial charge in [-0.05, 0) is 37.8 Å². The monoisotopic (exact) mass is 293 g/mol. The van der Waals surface area contributed by atoms with E-state index in [1.54, 1.807) is 6.07 Å². The van der Waals surface area contributed by atoms with E-state index >= 15 is 0 Å². The van der Waals surface area contributed by atoms with E-state index in [4.69, 9.17) is 0 Å². The maximum atomic E-state index is 11.5. The minimum Gasteiger partial charge on any atom is -0.379 e. The van der Waals surface area contributed by atoms with E-state index in [0.29, 0.717) is 17.3 Å². The lowest BCUT2D eigenvalue weighted by Gasteiger charge is -2.28. The third kappa shape index (κ3) is 4.62. The standard InChI is InChI=1S/C16H27N3O2/c1-6-10-17-14-8-7-9-15(16(14)19(20)21)18(5)13(4)11-12(2)3/h7-9,12-13,17H,6,10-11H2,1-5H3. The first-order chi connectivity index (χ1) is 9.88. The predicted molar refractivity (Wildman–Crippen MR) is 89.2 cm³/mol. The molecule has 0 radical (unpaired) electrons. The first-order valence-corrected chi connectivity index (χ1v) is 7.62. The molecule has 0 aliphatic rings. The summed E-state index contributed by atoms with van der Waals surface area (Å²) in [6.07, 6.45) is 1.93. The molecule has 0 heterocycles. The van der Waals surface area contributed by atoms with E-state index < -0.39 is 0 Å². The summed E-state index contributed by atoms with van der Waals surface area (Å²) in [4.78, 5) is 13.2. The van der Waals surface area contributed by atoms with E-state index in [2.05, 4.69) is 26.1 Å². The van der Waals surface area contributed by atoms with Crippen molar-refractivity contribution in [2.75, 3.05) is 23.8 Å². The second kappa shape index (κ2) is 7.86. The second-order valence-electron chi connectivity index (χ2n) is 5.95. The Morgan fingerprint density at radius 2 is 2.00 bits per heavy atom. The van der Waals surface area contributed by atoms with Crippen molar-refractivity contribution < 1.29 is 4.92 Å². The van der Waals surface area contributed by atoms with Crippen molar-refractivity contribution in [3.63, 3.8) is 0 Å². The van der Waals surface area contributed by atoms with Gasteiger partial charge in [0.1, 0.15) is 11.4 Å². The average Bonchev–Trinajstić information content (AvgIpc) is 2.42. The zero-order valence-corrected chi connectivity index (χ0v) is 13.7. The summed E-state index contributed by atoms with van der Waals surface area (Å²) < 4.78 is 0. The highest BCUT2D eigenvalue weighted by Crippen LogP contribution is 2.36. The Kier molecular flexibility index (Phi) is 6.46. The van der Waals surface area contributed by atoms with Crippen LogP contribution in [0.2, 0.25) is 0 Å². The molecule has 1 unspecified atom stereocenters. The Labute approximate surface area is 127 Å². The fourth-order valence-electron chi connectivity index (χ4n) is 2.49. The quantitative estimate of drug-likeness (QED) is 0.574. The summed E-state index contributed by atoms with van der Waals surface area (Å²) in [5.74, 6) is 0.558. The number of benzene rings is 1. The molecule has 1 aromatic rings. The van der Waals surface area contributed by atoms with Crippen LogP contribution in [0.25, 0.3) is 0 Å². The number of anilines is 2. The van der Waals surface area contributed by atoms with Gasteiger partial charge in [-0.1, -0.05) is 26.8 Å². The Bertz CT molecular complexity index is 475. The molecule has 0 saturated carbocycles. The van der Waals surface area contributed by atoms with Gasteiger partial charge in [0.25, 0.3) is 0 Å². The lowest BCUT2D eigenvalue weighted by molar-refractivity contribution is -0.383. The van der Waals surface area contributed by atoms with Crippen molar-refractivity contribution in [3.8, 4) is 0 Å². The van der Waals surface area contributed by atoms with Crippen LogP contribution in [-0.2, 0) is 0 Å². The summed E-state index contributed by atoms with van der Waals surface area (Å²) in [6, 6.07) is 5.73. The predicted octanol–water partition coefficient (Wildman–Crippen LogP) is 4.29. The molecule has 0 saturated heterocycles. The molecule has 1 rings (SSSR count). The van der Waals surface area contributed by atoms with Crippen molar-refractivity contribution in [1.29, 1.82) is 0 Å². The second-order valence-corrected chi connectivity index (χ2v) is 5.95. The van der Waals surface area contributed by atoms with E-state index in [0.717, 1.165) is 19.4 Å². The molecule has 0 fully saturated rings. The molecule has 0 amide bonds. The zero-order valence-electron chi connectivity index (χ0n) is 13.7. The van der Waals surface area contributed by atoms with Crippen LogP contribution in [0.1, 0.15) is 40.5 Å². The lowest BCUT2D eigenvalue weighted by Crippen LogP contribution is -2.30. The molecular weight excluding hydrogens is 266 g/mol. The van der Waals surface area contributed by atoms with Gasteiger partial charge >= 0.3 is 5.69 Å². The van der Waals surface area contributed by atoms with Crippen molar-refractivity contribution in [2.24, 2.45) is 5.92 Å². The smallest absolute Gasteiger partial charge is 0.315 e. The van der Waals surface area contributed by atoms with Crippen LogP contribution < -0.4 is 10.2 Å². The van der Waals surface area contributed by atoms with Crippen LogP contribution in [0.5, 0.6) is 0 Å². The third-order valence-corrected chi connectivity index (χ3v) is 3.62. The SMILES string of the molecule is CCCNc1cccc(N(C)C(C)CC(C)C)c1[N+](=O)[O-]. The summed E-state index contributed by atoms with van der Waals surface area (Å²) >= 11 is 0. The number of rotatable bonds is 8. The van der Waals surface area contributed by atoms with Crippen LogP contribution in [0.15, 0.2) is 18.2 Å². The number of nitrogens with zero attached hydrogens (tertiary/aromatic N) is 2. The average molecular weight is 293 g/mol. The van der Waals surface area contributed by atoms with Crippen molar-refractivity contribution in [1.82, 2.24) is 0 Å². The van der Waals surface area contributed by atoms with Crippen LogP contribution >= 0.6 is 0 Å². The highest BCUT2D eigenvalue weighted by atomic mass is 16.6. The molecule has 1 atom stereocenters. The van der Waals surface area contributed by atoms with Gasteiger partial charge in [0.2, 0.25) is 0 Å². The van der Waals surface area contributed by atoms with E-state index in [-0.39, 0.29) is 16.7 Å². The molecule has 0 aromatic heterocycles. The molecule has 0 aliphatic carbocycles. The highest BCUT2D eigenvalue weighted by molar-refractivity contribution is 5.77. The molecular formula is C16H27N3O2. The molecule has 21 heavy (non-hydrogen) atoms. The van der Waals surface area contributed by atoms with Gasteiger partial charge in [0.15, 0.2) is 0 Å². The van der Waals surface area contributed by atoms with Crippen molar-refractivity contribution in [3.05, 3.63) is 28.3 Å². The summed E-state index contributed by atoms with van der Waals surface area (Å²) in [5.41, 5.74) is 1.45. The van der Waals surface area contributed by atoms with Crippen LogP contribution in [0.4, 0.5) is 17.1 Å². The first kappa shape index (κ1) is 17.3. The molecule has 5 heteroatoms. The van der Waals surface area contributed by atoms with Crippen LogP contribution in [-0.4, -0.2) is 24.6 Å². The van der Waals surface area contributed by atoms with Gasteiger partial charge in [-0.2, -0.15) is 0 Å². The largest absolute Gasteiger partial charge is 0.379 e. The van der Waals surface area contributed by atoms with Crippen molar-refractivity contribution >= 4 is 17.1 Å². The fourth-order valence-corrected chi connectivity index (χ4v) is 2.49. The maximum Gasteiger partial charge on any atom is 0.315 e. The summed E-state index contributed by atoms with van der Waals surface area (Å²) in [5, 5.41) is 14.6. The normalized spacial score (nSPS) is 12.3. The lowest BCUT2D eigenvalue weighted by atomic mass is 10.0. The zero-order chi connectivity index (χ0) is 16.0. The number of nitro benzene ring substituents is 1. The minimum absolute atomic E-state index is 0.170. The van der Waals surface area contributed by atoms with Crippen LogP contribution in [0.3, 0.4) is 0 Å². The first-order valence-electron chi connectivity index (χ1n) is 7.62. The Hall–Kier alpha value is -1.78. The Balaban J connectivity index is 3.13. The van der Waals surface area contributed by atoms with Gasteiger partial charge in [-0.15, -0.1) is 0 Å². The third-order valence-electron chi connectivity index (χ3n) is 3.62. The van der Waals surface area contributed by atoms with Gasteiger partial charge in [0, 0.05) is 19.6 Å². The van der Waals surface area contributed by atoms with Crippen LogP contribution in [0, 0.1) is 16.0 Å². The summed E-state index contributed by atoms with van der Waals surface area (Å²) in [6.45, 7) is 9.21. The number of nitrogens with one attached hydrogen (secondary N) is 1. The van der Waals surface area contributed by atoms with E-state index in [1.807, 2.05) is 31.0 Å². The Morgan fingerprint density at radius 3 is 2.52 bits per heavy atom. The van der Waals surface area contributed by atoms with Gasteiger partial charge in [-0.3, -0.25) is 10.1 Å². The number of para-hydroxylation sites is 1. The van der Waals surface area contributed by atoms with Gasteiger partial charge in [-0.25, -0.2) is 0 Å². The van der Waals surface area contributed by atoms with Gasteiger partial charge < -0.3 is 10.2 Å². The maximum absolute atomic E-state index is 11.5. The molecule has 1 N–H and O–H groups in total. The molecule has 0 bridgehead atoms. The molecule has 0 aliphatic heterocycles. The highest BCUT2D eigenvalue weighted by Gasteiger charge is 2.24. The minimum atomic E-state index is -0.286. The molecule has 118 valence electrons. The number of hydrogen-bond acceptors (Lipinski definition) is 4. The molecule has 5 nitrogen and oxygen atoms in total. The molecule has 0 spiro atoms. The fraction of sp³-hybridized carbons (Fsp3) is 0.625. The summed E-state index contributed by atoms with van der Waals surface area (Å²) in [7, 11) is 1.93. The topological polar surface area (TPSA) is 58.4 Å². The van der Waals surface area contributed by atoms with E-state index in [1.165, 1.54) is 0 Å². The molecule has 1 aromatic carbocycles. The van der Waals surface area contributed by atoms with E-state index in [9.17, 15) is 10.1 Å². The van der Waals surface area contributed by atoms with Crippen molar-refractivity contribution in [2.45, 2.75) is 46.6 Å². The van der Waals surface area contributed by atoms with Gasteiger partial charge in [0.05, 0.1) is 4.92 Å². The number of nitro groups is 1. The number of hydrogen-bond donors (Lipinski definition) is 1.